The van der Waals surface area contributed by atoms with Crippen molar-refractivity contribution in [2.45, 2.75) is 0 Å². The van der Waals surface area contributed by atoms with Gasteiger partial charge in [-0.05, 0) is 35.9 Å². The summed E-state index contributed by atoms with van der Waals surface area (Å²) in [6.45, 7) is -0.295. The van der Waals surface area contributed by atoms with Crippen molar-refractivity contribution < 1.29 is 19.1 Å². The Hall–Kier alpha value is -3.08. The molecule has 1 N–H and O–H groups in total. The van der Waals surface area contributed by atoms with Crippen LogP contribution in [0.1, 0.15) is 5.56 Å². The van der Waals surface area contributed by atoms with E-state index in [1.807, 2.05) is 48.5 Å². The summed E-state index contributed by atoms with van der Waals surface area (Å²) in [5.74, 6) is 0.462. The van der Waals surface area contributed by atoms with Gasteiger partial charge in [-0.15, -0.1) is 0 Å². The second-order valence-electron chi connectivity index (χ2n) is 4.60. The molecule has 23 heavy (non-hydrogen) atoms. The molecule has 0 spiro atoms. The van der Waals surface area contributed by atoms with E-state index in [0.29, 0.717) is 5.75 Å². The molecular weight excluding hydrogens is 294 g/mol. The van der Waals surface area contributed by atoms with Gasteiger partial charge in [0.2, 0.25) is 0 Å². The fraction of sp³-hybridized carbons (Fsp3) is 0.111. The van der Waals surface area contributed by atoms with Gasteiger partial charge >= 0.3 is 5.97 Å². The van der Waals surface area contributed by atoms with Gasteiger partial charge in [0.25, 0.3) is 5.91 Å². The van der Waals surface area contributed by atoms with Crippen LogP contribution in [0.5, 0.6) is 11.5 Å². The molecular formula is C18H17NO4. The van der Waals surface area contributed by atoms with Crippen molar-refractivity contribution >= 4 is 18.0 Å². The maximum absolute atomic E-state index is 11.5. The minimum absolute atomic E-state index is 0.295. The molecule has 0 heterocycles. The number of ether oxygens (including phenoxy) is 2. The van der Waals surface area contributed by atoms with Gasteiger partial charge in [-0.25, -0.2) is 4.79 Å². The first-order chi connectivity index (χ1) is 11.2. The van der Waals surface area contributed by atoms with Crippen LogP contribution in [0.4, 0.5) is 0 Å². The molecule has 0 radical (unpaired) electrons. The van der Waals surface area contributed by atoms with Gasteiger partial charge in [0.05, 0.1) is 0 Å². The largest absolute Gasteiger partial charge is 0.457 e. The zero-order chi connectivity index (χ0) is 16.5. The van der Waals surface area contributed by atoms with Gasteiger partial charge in [0, 0.05) is 13.1 Å². The van der Waals surface area contributed by atoms with Crippen LogP contribution in [0.25, 0.3) is 6.08 Å². The third-order valence-electron chi connectivity index (χ3n) is 2.87. The van der Waals surface area contributed by atoms with E-state index in [-0.39, 0.29) is 12.5 Å². The van der Waals surface area contributed by atoms with Crippen LogP contribution < -0.4 is 10.1 Å². The second-order valence-corrected chi connectivity index (χ2v) is 4.60. The van der Waals surface area contributed by atoms with E-state index in [0.717, 1.165) is 11.3 Å². The molecule has 2 rings (SSSR count). The van der Waals surface area contributed by atoms with Crippen LogP contribution in [0.15, 0.2) is 60.7 Å². The molecule has 0 saturated heterocycles. The van der Waals surface area contributed by atoms with Crippen molar-refractivity contribution in [3.8, 4) is 11.5 Å². The van der Waals surface area contributed by atoms with Gasteiger partial charge in [-0.2, -0.15) is 0 Å². The number of hydrogen-bond donors (Lipinski definition) is 1. The zero-order valence-electron chi connectivity index (χ0n) is 12.7. The monoisotopic (exact) mass is 311 g/mol. The SMILES string of the molecule is CNC(=O)COC(=O)/C=C/c1cccc(Oc2ccccc2)c1. The summed E-state index contributed by atoms with van der Waals surface area (Å²) in [5.41, 5.74) is 0.787. The Morgan fingerprint density at radius 3 is 2.52 bits per heavy atom. The van der Waals surface area contributed by atoms with Gasteiger partial charge < -0.3 is 14.8 Å². The standard InChI is InChI=1S/C18H17NO4/c1-19-17(20)13-22-18(21)11-10-14-6-5-9-16(12-14)23-15-7-3-2-4-8-15/h2-12H,13H2,1H3,(H,19,20)/b11-10+. The predicted molar refractivity (Wildman–Crippen MR) is 87.0 cm³/mol. The van der Waals surface area contributed by atoms with Gasteiger partial charge in [-0.3, -0.25) is 4.79 Å². The molecule has 0 aromatic heterocycles. The third-order valence-corrected chi connectivity index (χ3v) is 2.87. The maximum atomic E-state index is 11.5. The summed E-state index contributed by atoms with van der Waals surface area (Å²) in [5, 5.41) is 2.37. The molecule has 0 bridgehead atoms. The Morgan fingerprint density at radius 1 is 1.04 bits per heavy atom. The van der Waals surface area contributed by atoms with Crippen molar-refractivity contribution in [2.75, 3.05) is 13.7 Å². The predicted octanol–water partition coefficient (Wildman–Crippen LogP) is 2.78. The first kappa shape index (κ1) is 16.3. The van der Waals surface area contributed by atoms with Crippen LogP contribution in [0, 0.1) is 0 Å². The minimum Gasteiger partial charge on any atom is -0.457 e. The molecule has 0 aliphatic carbocycles. The third kappa shape index (κ3) is 5.67. The van der Waals surface area contributed by atoms with E-state index in [2.05, 4.69) is 5.32 Å². The van der Waals surface area contributed by atoms with Crippen LogP contribution in [-0.2, 0) is 14.3 Å². The second kappa shape index (κ2) is 8.38. The quantitative estimate of drug-likeness (QED) is 0.658. The fourth-order valence-corrected chi connectivity index (χ4v) is 1.73. The molecule has 0 saturated carbocycles. The van der Waals surface area contributed by atoms with Crippen molar-refractivity contribution in [3.63, 3.8) is 0 Å². The highest BCUT2D eigenvalue weighted by Crippen LogP contribution is 2.22. The lowest BCUT2D eigenvalue weighted by Crippen LogP contribution is -2.24. The number of para-hydroxylation sites is 1. The molecule has 2 aromatic carbocycles. The highest BCUT2D eigenvalue weighted by molar-refractivity contribution is 5.89. The van der Waals surface area contributed by atoms with E-state index in [1.165, 1.54) is 13.1 Å². The van der Waals surface area contributed by atoms with Crippen molar-refractivity contribution in [3.05, 3.63) is 66.2 Å². The summed E-state index contributed by atoms with van der Waals surface area (Å²) in [4.78, 5) is 22.5. The highest BCUT2D eigenvalue weighted by atomic mass is 16.5. The number of carbonyl (C=O) groups excluding carboxylic acids is 2. The van der Waals surface area contributed by atoms with Gasteiger partial charge in [0.1, 0.15) is 11.5 Å². The number of nitrogens with one attached hydrogen (secondary N) is 1. The summed E-state index contributed by atoms with van der Waals surface area (Å²) in [6, 6.07) is 16.7. The first-order valence-electron chi connectivity index (χ1n) is 7.06. The smallest absolute Gasteiger partial charge is 0.331 e. The molecule has 0 aliphatic rings. The molecule has 0 atom stereocenters. The molecule has 5 nitrogen and oxygen atoms in total. The van der Waals surface area contributed by atoms with E-state index >= 15 is 0 Å². The van der Waals surface area contributed by atoms with Gasteiger partial charge in [0.15, 0.2) is 6.61 Å². The molecule has 118 valence electrons. The van der Waals surface area contributed by atoms with Crippen LogP contribution in [-0.4, -0.2) is 25.5 Å². The Balaban J connectivity index is 1.95. The zero-order valence-corrected chi connectivity index (χ0v) is 12.7. The van der Waals surface area contributed by atoms with Crippen molar-refractivity contribution in [1.29, 1.82) is 0 Å². The van der Waals surface area contributed by atoms with Gasteiger partial charge in [-0.1, -0.05) is 30.3 Å². The average molecular weight is 311 g/mol. The number of rotatable bonds is 6. The lowest BCUT2D eigenvalue weighted by Gasteiger charge is -2.06. The van der Waals surface area contributed by atoms with Crippen LogP contribution in [0.2, 0.25) is 0 Å². The fourth-order valence-electron chi connectivity index (χ4n) is 1.73. The van der Waals surface area contributed by atoms with Crippen LogP contribution >= 0.6 is 0 Å². The van der Waals surface area contributed by atoms with E-state index in [1.54, 1.807) is 12.1 Å². The lowest BCUT2D eigenvalue weighted by atomic mass is 10.2. The van der Waals surface area contributed by atoms with E-state index in [9.17, 15) is 9.59 Å². The number of amides is 1. The number of likely N-dealkylation sites (N-methyl/N-ethyl adjacent to an activating group) is 1. The summed E-state index contributed by atoms with van der Waals surface area (Å²) >= 11 is 0. The summed E-state index contributed by atoms with van der Waals surface area (Å²) in [7, 11) is 1.48. The summed E-state index contributed by atoms with van der Waals surface area (Å²) in [6.07, 6.45) is 2.87. The Kier molecular flexibility index (Phi) is 5.94. The first-order valence-corrected chi connectivity index (χ1v) is 7.06. The van der Waals surface area contributed by atoms with E-state index in [4.69, 9.17) is 9.47 Å². The molecule has 0 fully saturated rings. The number of esters is 1. The molecule has 2 aromatic rings. The van der Waals surface area contributed by atoms with Crippen LogP contribution in [0.3, 0.4) is 0 Å². The topological polar surface area (TPSA) is 64.6 Å². The Labute approximate surface area is 134 Å². The number of benzene rings is 2. The van der Waals surface area contributed by atoms with E-state index < -0.39 is 5.97 Å². The molecule has 1 amide bonds. The number of carbonyl (C=O) groups is 2. The highest BCUT2D eigenvalue weighted by Gasteiger charge is 2.02. The Bertz CT molecular complexity index is 695. The molecule has 5 heteroatoms. The molecule has 0 unspecified atom stereocenters. The lowest BCUT2D eigenvalue weighted by molar-refractivity contribution is -0.143. The maximum Gasteiger partial charge on any atom is 0.331 e. The average Bonchev–Trinajstić information content (AvgIpc) is 2.59. The number of hydrogen-bond acceptors (Lipinski definition) is 4. The minimum atomic E-state index is -0.581. The molecule has 0 aliphatic heterocycles. The normalized spacial score (nSPS) is 10.3. The Morgan fingerprint density at radius 2 is 1.78 bits per heavy atom. The van der Waals surface area contributed by atoms with Crippen molar-refractivity contribution in [1.82, 2.24) is 5.32 Å². The van der Waals surface area contributed by atoms with Crippen molar-refractivity contribution in [2.24, 2.45) is 0 Å². The summed E-state index contributed by atoms with van der Waals surface area (Å²) < 4.78 is 10.5.